The second-order valence-corrected chi connectivity index (χ2v) is 5.52. The van der Waals surface area contributed by atoms with Crippen LogP contribution in [0.5, 0.6) is 0 Å². The third kappa shape index (κ3) is 4.82. The summed E-state index contributed by atoms with van der Waals surface area (Å²) in [4.78, 5) is 22.6. The van der Waals surface area contributed by atoms with Gasteiger partial charge in [0.05, 0.1) is 53.2 Å². The lowest BCUT2D eigenvalue weighted by Gasteiger charge is -2.38. The number of nitrogens with zero attached hydrogens (tertiary/aromatic N) is 1. The highest BCUT2D eigenvalue weighted by Gasteiger charge is 2.36. The van der Waals surface area contributed by atoms with E-state index in [0.29, 0.717) is 18.9 Å². The van der Waals surface area contributed by atoms with Crippen molar-refractivity contribution in [3.63, 3.8) is 0 Å². The number of likely N-dealkylation sites (tertiary alicyclic amines) is 1. The molecule has 19 heavy (non-hydrogen) atoms. The Morgan fingerprint density at radius 2 is 1.42 bits per heavy atom. The molecule has 1 aliphatic rings. The summed E-state index contributed by atoms with van der Waals surface area (Å²) in [7, 11) is 5.06. The molecule has 0 atom stereocenters. The fourth-order valence-electron chi connectivity index (χ4n) is 2.96. The summed E-state index contributed by atoms with van der Waals surface area (Å²) in [5.74, 6) is -0.345. The van der Waals surface area contributed by atoms with Crippen LogP contribution in [-0.2, 0) is 19.1 Å². The Morgan fingerprint density at radius 3 is 1.79 bits per heavy atom. The molecule has 5 nitrogen and oxygen atoms in total. The number of ether oxygens (including phenoxy) is 2. The maximum atomic E-state index is 11.3. The smallest absolute Gasteiger partial charge is 0.305 e. The first kappa shape index (κ1) is 16.0. The van der Waals surface area contributed by atoms with Crippen LogP contribution in [0.2, 0.25) is 0 Å². The minimum atomic E-state index is -0.172. The maximum Gasteiger partial charge on any atom is 0.305 e. The topological polar surface area (TPSA) is 52.6 Å². The maximum absolute atomic E-state index is 11.3. The average Bonchev–Trinajstić information content (AvgIpc) is 2.85. The van der Waals surface area contributed by atoms with Gasteiger partial charge in [-0.05, 0) is 0 Å². The second kappa shape index (κ2) is 7.48. The summed E-state index contributed by atoms with van der Waals surface area (Å²) in [6.07, 6.45) is 4.86. The quantitative estimate of drug-likeness (QED) is 0.520. The summed E-state index contributed by atoms with van der Waals surface area (Å²) in [6, 6.07) is 0.334. The molecule has 1 rings (SSSR count). The van der Waals surface area contributed by atoms with Crippen molar-refractivity contribution in [1.82, 2.24) is 0 Å². The minimum Gasteiger partial charge on any atom is -0.469 e. The van der Waals surface area contributed by atoms with E-state index in [1.54, 1.807) is 0 Å². The molecule has 0 unspecified atom stereocenters. The monoisotopic (exact) mass is 272 g/mol. The lowest BCUT2D eigenvalue weighted by atomic mass is 10.0. The summed E-state index contributed by atoms with van der Waals surface area (Å²) >= 11 is 0. The molecule has 5 heteroatoms. The van der Waals surface area contributed by atoms with Crippen molar-refractivity contribution in [2.45, 2.75) is 44.6 Å². The van der Waals surface area contributed by atoms with E-state index in [1.807, 2.05) is 0 Å². The molecule has 1 aliphatic heterocycles. The minimum absolute atomic E-state index is 0.172. The van der Waals surface area contributed by atoms with Crippen LogP contribution < -0.4 is 0 Å². The summed E-state index contributed by atoms with van der Waals surface area (Å²) < 4.78 is 10.4. The van der Waals surface area contributed by atoms with Gasteiger partial charge in [-0.15, -0.1) is 0 Å². The van der Waals surface area contributed by atoms with E-state index in [9.17, 15) is 9.59 Å². The number of esters is 2. The molecule has 0 amide bonds. The Labute approximate surface area is 115 Å². The molecule has 0 radical (unpaired) electrons. The van der Waals surface area contributed by atoms with Gasteiger partial charge in [0, 0.05) is 25.7 Å². The summed E-state index contributed by atoms with van der Waals surface area (Å²) in [5.41, 5.74) is 0. The fraction of sp³-hybridized carbons (Fsp3) is 0.857. The molecule has 0 spiro atoms. The van der Waals surface area contributed by atoms with Gasteiger partial charge >= 0.3 is 11.9 Å². The van der Waals surface area contributed by atoms with Crippen LogP contribution in [0.3, 0.4) is 0 Å². The molecule has 0 N–H and O–H groups in total. The third-order valence-electron chi connectivity index (χ3n) is 4.29. The van der Waals surface area contributed by atoms with Gasteiger partial charge < -0.3 is 14.0 Å². The highest BCUT2D eigenvalue weighted by molar-refractivity contribution is 5.69. The van der Waals surface area contributed by atoms with Gasteiger partial charge in [0.2, 0.25) is 0 Å². The van der Waals surface area contributed by atoms with Gasteiger partial charge in [-0.3, -0.25) is 9.59 Å². The highest BCUT2D eigenvalue weighted by Crippen LogP contribution is 2.27. The normalized spacial score (nSPS) is 17.5. The number of quaternary nitrogens is 1. The van der Waals surface area contributed by atoms with E-state index in [4.69, 9.17) is 9.47 Å². The molecular formula is C14H26NO4+. The Balaban J connectivity index is 2.56. The van der Waals surface area contributed by atoms with Crippen molar-refractivity contribution < 1.29 is 23.5 Å². The molecule has 0 aromatic carbocycles. The number of carbonyl (C=O) groups is 2. The molecule has 110 valence electrons. The van der Waals surface area contributed by atoms with Crippen molar-refractivity contribution in [3.05, 3.63) is 0 Å². The Morgan fingerprint density at radius 1 is 1.00 bits per heavy atom. The standard InChI is InChI=1S/C14H26NO4/c1-15(10-4-5-11-15)12(6-8-13(16)18-2)7-9-14(17)19-3/h12H,4-11H2,1-3H3/q+1. The lowest BCUT2D eigenvalue weighted by molar-refractivity contribution is -0.922. The van der Waals surface area contributed by atoms with E-state index < -0.39 is 0 Å². The van der Waals surface area contributed by atoms with Crippen LogP contribution in [0.1, 0.15) is 38.5 Å². The Kier molecular flexibility index (Phi) is 6.28. The van der Waals surface area contributed by atoms with Gasteiger partial charge in [-0.25, -0.2) is 0 Å². The molecule has 1 saturated heterocycles. The molecule has 0 aromatic heterocycles. The molecule has 1 heterocycles. The van der Waals surface area contributed by atoms with E-state index in [0.717, 1.165) is 30.4 Å². The third-order valence-corrected chi connectivity index (χ3v) is 4.29. The largest absolute Gasteiger partial charge is 0.469 e. The van der Waals surface area contributed by atoms with Crippen molar-refractivity contribution in [1.29, 1.82) is 0 Å². The average molecular weight is 272 g/mol. The van der Waals surface area contributed by atoms with Gasteiger partial charge in [-0.1, -0.05) is 0 Å². The lowest BCUT2D eigenvalue weighted by Crippen LogP contribution is -2.50. The Bertz CT molecular complexity index is 291. The van der Waals surface area contributed by atoms with Crippen molar-refractivity contribution >= 4 is 11.9 Å². The van der Waals surface area contributed by atoms with Crippen LogP contribution in [0.25, 0.3) is 0 Å². The highest BCUT2D eigenvalue weighted by atomic mass is 16.5. The zero-order chi connectivity index (χ0) is 14.3. The second-order valence-electron chi connectivity index (χ2n) is 5.52. The summed E-state index contributed by atoms with van der Waals surface area (Å²) in [5, 5.41) is 0. The van der Waals surface area contributed by atoms with Crippen LogP contribution in [0.15, 0.2) is 0 Å². The number of rotatable bonds is 7. The number of hydrogen-bond donors (Lipinski definition) is 0. The summed E-state index contributed by atoms with van der Waals surface area (Å²) in [6.45, 7) is 2.26. The van der Waals surface area contributed by atoms with Crippen LogP contribution in [-0.4, -0.2) is 56.8 Å². The predicted molar refractivity (Wildman–Crippen MR) is 71.4 cm³/mol. The molecule has 0 bridgehead atoms. The number of hydrogen-bond acceptors (Lipinski definition) is 4. The predicted octanol–water partition coefficient (Wildman–Crippen LogP) is 1.50. The zero-order valence-corrected chi connectivity index (χ0v) is 12.3. The Hall–Kier alpha value is -1.10. The molecular weight excluding hydrogens is 246 g/mol. The fourth-order valence-corrected chi connectivity index (χ4v) is 2.96. The number of methoxy groups -OCH3 is 2. The zero-order valence-electron chi connectivity index (χ0n) is 12.3. The number of carbonyl (C=O) groups excluding carboxylic acids is 2. The first-order valence-corrected chi connectivity index (χ1v) is 6.99. The molecule has 1 fully saturated rings. The van der Waals surface area contributed by atoms with E-state index in [-0.39, 0.29) is 11.9 Å². The molecule has 0 aliphatic carbocycles. The van der Waals surface area contributed by atoms with Crippen molar-refractivity contribution in [3.8, 4) is 0 Å². The van der Waals surface area contributed by atoms with Gasteiger partial charge in [-0.2, -0.15) is 0 Å². The van der Waals surface area contributed by atoms with E-state index >= 15 is 0 Å². The molecule has 0 saturated carbocycles. The first-order valence-electron chi connectivity index (χ1n) is 6.99. The van der Waals surface area contributed by atoms with Gasteiger partial charge in [0.25, 0.3) is 0 Å². The van der Waals surface area contributed by atoms with E-state index in [1.165, 1.54) is 27.1 Å². The SMILES string of the molecule is COC(=O)CCC(CCC(=O)OC)[N+]1(C)CCCC1. The van der Waals surface area contributed by atoms with Gasteiger partial charge in [0.15, 0.2) is 0 Å². The van der Waals surface area contributed by atoms with Gasteiger partial charge in [0.1, 0.15) is 0 Å². The van der Waals surface area contributed by atoms with Crippen LogP contribution in [0.4, 0.5) is 0 Å². The first-order chi connectivity index (χ1) is 9.01. The van der Waals surface area contributed by atoms with Crippen LogP contribution >= 0.6 is 0 Å². The molecule has 0 aromatic rings. The van der Waals surface area contributed by atoms with Crippen LogP contribution in [0, 0.1) is 0 Å². The van der Waals surface area contributed by atoms with Crippen molar-refractivity contribution in [2.24, 2.45) is 0 Å². The van der Waals surface area contributed by atoms with E-state index in [2.05, 4.69) is 7.05 Å². The van der Waals surface area contributed by atoms with Crippen molar-refractivity contribution in [2.75, 3.05) is 34.4 Å².